The number of guanidine groups is 1. The minimum atomic E-state index is -0.908. The van der Waals surface area contributed by atoms with Gasteiger partial charge in [0.1, 0.15) is 5.60 Å². The fraction of sp³-hybridized carbons (Fsp3) is 0.615. The van der Waals surface area contributed by atoms with Gasteiger partial charge in [0.05, 0.1) is 6.54 Å². The Bertz CT molecular complexity index is 366. The Labute approximate surface area is 136 Å². The summed E-state index contributed by atoms with van der Waals surface area (Å²) in [6, 6.07) is 1.94. The molecule has 0 amide bonds. The van der Waals surface area contributed by atoms with E-state index in [0.29, 0.717) is 6.54 Å². The first-order valence-electron chi connectivity index (χ1n) is 6.37. The van der Waals surface area contributed by atoms with E-state index in [0.717, 1.165) is 31.0 Å². The molecule has 1 rings (SSSR count). The maximum atomic E-state index is 10.4. The van der Waals surface area contributed by atoms with Gasteiger partial charge in [0.15, 0.2) is 5.96 Å². The lowest BCUT2D eigenvalue weighted by Gasteiger charge is -2.21. The van der Waals surface area contributed by atoms with Crippen LogP contribution < -0.4 is 10.6 Å². The summed E-state index contributed by atoms with van der Waals surface area (Å²) in [6.07, 6.45) is 1.05. The van der Waals surface area contributed by atoms with Crippen LogP contribution in [0.25, 0.3) is 0 Å². The van der Waals surface area contributed by atoms with Gasteiger partial charge < -0.3 is 15.7 Å². The molecule has 1 unspecified atom stereocenters. The molecule has 0 aliphatic heterocycles. The maximum Gasteiger partial charge on any atom is 0.191 e. The molecule has 0 radical (unpaired) electrons. The summed E-state index contributed by atoms with van der Waals surface area (Å²) in [5.74, 6) is 0.759. The monoisotopic (exact) mass is 397 g/mol. The highest BCUT2D eigenvalue weighted by atomic mass is 127. The predicted molar refractivity (Wildman–Crippen MR) is 93.6 cm³/mol. The highest BCUT2D eigenvalue weighted by Crippen LogP contribution is 2.23. The third-order valence-electron chi connectivity index (χ3n) is 2.57. The van der Waals surface area contributed by atoms with E-state index in [9.17, 15) is 5.11 Å². The van der Waals surface area contributed by atoms with Crippen molar-refractivity contribution in [2.75, 3.05) is 19.6 Å². The van der Waals surface area contributed by atoms with E-state index in [4.69, 9.17) is 0 Å². The van der Waals surface area contributed by atoms with E-state index in [-0.39, 0.29) is 24.0 Å². The summed E-state index contributed by atoms with van der Waals surface area (Å²) in [7, 11) is 0. The normalized spacial score (nSPS) is 14.4. The first-order valence-corrected chi connectivity index (χ1v) is 7.31. The molecule has 4 nitrogen and oxygen atoms in total. The van der Waals surface area contributed by atoms with Crippen molar-refractivity contribution in [1.82, 2.24) is 10.6 Å². The number of hydrogen-bond acceptors (Lipinski definition) is 3. The van der Waals surface area contributed by atoms with E-state index in [2.05, 4.69) is 22.5 Å². The Morgan fingerprint density at radius 2 is 2.16 bits per heavy atom. The molecule has 0 spiro atoms. The standard InChI is InChI=1S/C13H23N3OS.HI/c1-4-7-15-12(14-5-2)16-10-13(3,17)11-6-8-18-9-11;/h6,8-9,17H,4-5,7,10H2,1-3H3,(H2,14,15,16);1H. The first-order chi connectivity index (χ1) is 8.60. The highest BCUT2D eigenvalue weighted by Gasteiger charge is 2.23. The van der Waals surface area contributed by atoms with Gasteiger partial charge >= 0.3 is 0 Å². The molecule has 0 bridgehead atoms. The second-order valence-electron chi connectivity index (χ2n) is 4.41. The van der Waals surface area contributed by atoms with E-state index >= 15 is 0 Å². The lowest BCUT2D eigenvalue weighted by molar-refractivity contribution is 0.0677. The van der Waals surface area contributed by atoms with Gasteiger partial charge in [-0.25, -0.2) is 4.99 Å². The van der Waals surface area contributed by atoms with Gasteiger partial charge in [-0.1, -0.05) is 6.92 Å². The molecule has 1 heterocycles. The van der Waals surface area contributed by atoms with Crippen LogP contribution in [0.2, 0.25) is 0 Å². The van der Waals surface area contributed by atoms with E-state index < -0.39 is 5.60 Å². The van der Waals surface area contributed by atoms with Gasteiger partial charge in [0, 0.05) is 13.1 Å². The van der Waals surface area contributed by atoms with Gasteiger partial charge in [0.25, 0.3) is 0 Å². The number of nitrogens with one attached hydrogen (secondary N) is 2. The van der Waals surface area contributed by atoms with E-state index in [1.165, 1.54) is 0 Å². The highest BCUT2D eigenvalue weighted by molar-refractivity contribution is 14.0. The second kappa shape index (κ2) is 9.55. The van der Waals surface area contributed by atoms with Crippen molar-refractivity contribution in [3.05, 3.63) is 22.4 Å². The topological polar surface area (TPSA) is 56.7 Å². The molecule has 0 saturated heterocycles. The Morgan fingerprint density at radius 3 is 2.68 bits per heavy atom. The summed E-state index contributed by atoms with van der Waals surface area (Å²) in [6.45, 7) is 7.98. The second-order valence-corrected chi connectivity index (χ2v) is 5.19. The van der Waals surface area contributed by atoms with Crippen molar-refractivity contribution < 1.29 is 5.11 Å². The Kier molecular flexibility index (Phi) is 9.38. The zero-order chi connectivity index (χ0) is 13.4. The van der Waals surface area contributed by atoms with Crippen molar-refractivity contribution in [2.24, 2.45) is 4.99 Å². The van der Waals surface area contributed by atoms with Crippen molar-refractivity contribution in [2.45, 2.75) is 32.8 Å². The first kappa shape index (κ1) is 18.7. The number of nitrogens with zero attached hydrogens (tertiary/aromatic N) is 1. The predicted octanol–water partition coefficient (Wildman–Crippen LogP) is 2.54. The quantitative estimate of drug-likeness (QED) is 0.393. The number of aliphatic hydroxyl groups is 1. The van der Waals surface area contributed by atoms with Crippen molar-refractivity contribution >= 4 is 41.3 Å². The molecule has 1 aromatic heterocycles. The van der Waals surface area contributed by atoms with Crippen molar-refractivity contribution in [1.29, 1.82) is 0 Å². The van der Waals surface area contributed by atoms with E-state index in [1.807, 2.05) is 23.8 Å². The van der Waals surface area contributed by atoms with Crippen LogP contribution in [0.1, 0.15) is 32.8 Å². The van der Waals surface area contributed by atoms with Gasteiger partial charge in [-0.15, -0.1) is 24.0 Å². The summed E-state index contributed by atoms with van der Waals surface area (Å²) in [4.78, 5) is 4.43. The summed E-state index contributed by atoms with van der Waals surface area (Å²) in [5.41, 5.74) is 0.0109. The molecule has 110 valence electrons. The van der Waals surface area contributed by atoms with Crippen LogP contribution in [0, 0.1) is 0 Å². The fourth-order valence-electron chi connectivity index (χ4n) is 1.48. The fourth-order valence-corrected chi connectivity index (χ4v) is 2.26. The molecule has 1 aromatic rings. The van der Waals surface area contributed by atoms with Crippen LogP contribution in [0.15, 0.2) is 21.8 Å². The number of hydrogen-bond donors (Lipinski definition) is 3. The number of rotatable bonds is 6. The molecule has 0 aliphatic carbocycles. The summed E-state index contributed by atoms with van der Waals surface area (Å²) < 4.78 is 0. The van der Waals surface area contributed by atoms with Crippen molar-refractivity contribution in [3.8, 4) is 0 Å². The molecule has 0 saturated carbocycles. The summed E-state index contributed by atoms with van der Waals surface area (Å²) >= 11 is 1.59. The van der Waals surface area contributed by atoms with Crippen LogP contribution in [0.5, 0.6) is 0 Å². The molecule has 19 heavy (non-hydrogen) atoms. The van der Waals surface area contributed by atoms with Gasteiger partial charge in [0.2, 0.25) is 0 Å². The number of thiophene rings is 1. The largest absolute Gasteiger partial charge is 0.383 e. The molecule has 0 aromatic carbocycles. The third kappa shape index (κ3) is 6.58. The minimum Gasteiger partial charge on any atom is -0.383 e. The molecule has 1 atom stereocenters. The summed E-state index contributed by atoms with van der Waals surface area (Å²) in [5, 5.41) is 20.7. The van der Waals surface area contributed by atoms with Crippen LogP contribution >= 0.6 is 35.3 Å². The zero-order valence-corrected chi connectivity index (χ0v) is 14.9. The van der Waals surface area contributed by atoms with Gasteiger partial charge in [-0.3, -0.25) is 0 Å². The molecule has 3 N–H and O–H groups in total. The zero-order valence-electron chi connectivity index (χ0n) is 11.8. The molecule has 0 aliphatic rings. The molecule has 0 fully saturated rings. The molecule has 6 heteroatoms. The third-order valence-corrected chi connectivity index (χ3v) is 3.26. The van der Waals surface area contributed by atoms with Crippen LogP contribution in [-0.4, -0.2) is 30.7 Å². The Morgan fingerprint density at radius 1 is 1.42 bits per heavy atom. The van der Waals surface area contributed by atoms with Gasteiger partial charge in [-0.2, -0.15) is 11.3 Å². The number of aliphatic imine (C=N–C) groups is 1. The SMILES string of the molecule is CCCNC(=NCC(C)(O)c1ccsc1)NCC.I. The van der Waals surface area contributed by atoms with Crippen molar-refractivity contribution in [3.63, 3.8) is 0 Å². The number of halogens is 1. The van der Waals surface area contributed by atoms with Gasteiger partial charge in [-0.05, 0) is 42.7 Å². The lowest BCUT2D eigenvalue weighted by atomic mass is 10.00. The average Bonchev–Trinajstić information content (AvgIpc) is 2.87. The van der Waals surface area contributed by atoms with Crippen LogP contribution in [0.4, 0.5) is 0 Å². The lowest BCUT2D eigenvalue weighted by Crippen LogP contribution is -2.39. The average molecular weight is 397 g/mol. The smallest absolute Gasteiger partial charge is 0.191 e. The van der Waals surface area contributed by atoms with Crippen LogP contribution in [-0.2, 0) is 5.60 Å². The molecular formula is C13H24IN3OS. The minimum absolute atomic E-state index is 0. The van der Waals surface area contributed by atoms with Crippen LogP contribution in [0.3, 0.4) is 0 Å². The Hall–Kier alpha value is -0.340. The maximum absolute atomic E-state index is 10.4. The molecular weight excluding hydrogens is 373 g/mol. The Balaban J connectivity index is 0.00000324. The van der Waals surface area contributed by atoms with E-state index in [1.54, 1.807) is 18.3 Å².